The summed E-state index contributed by atoms with van der Waals surface area (Å²) >= 11 is 0. The molecule has 29 heavy (non-hydrogen) atoms. The third-order valence-electron chi connectivity index (χ3n) is 5.43. The van der Waals surface area contributed by atoms with E-state index in [4.69, 9.17) is 4.74 Å². The molecule has 2 fully saturated rings. The molecule has 0 spiro atoms. The van der Waals surface area contributed by atoms with Crippen LogP contribution in [0, 0.1) is 5.92 Å². The van der Waals surface area contributed by atoms with Crippen molar-refractivity contribution in [2.24, 2.45) is 5.92 Å². The van der Waals surface area contributed by atoms with Crippen molar-refractivity contribution in [3.63, 3.8) is 0 Å². The SMILES string of the molecule is OCc1cnc(C2CC2)nc1OCC1CCN(c2ccc(C(F)(F)F)nc2)CC1. The maximum atomic E-state index is 12.6. The van der Waals surface area contributed by atoms with Crippen molar-refractivity contribution in [2.45, 2.75) is 44.4 Å². The van der Waals surface area contributed by atoms with Gasteiger partial charge in [-0.25, -0.2) is 9.97 Å². The van der Waals surface area contributed by atoms with Gasteiger partial charge in [-0.05, 0) is 43.7 Å². The van der Waals surface area contributed by atoms with Crippen LogP contribution in [0.25, 0.3) is 0 Å². The van der Waals surface area contributed by atoms with Gasteiger partial charge in [-0.2, -0.15) is 18.2 Å². The first-order valence-corrected chi connectivity index (χ1v) is 9.81. The van der Waals surface area contributed by atoms with Gasteiger partial charge in [0.15, 0.2) is 0 Å². The van der Waals surface area contributed by atoms with E-state index in [-0.39, 0.29) is 6.61 Å². The van der Waals surface area contributed by atoms with Crippen LogP contribution in [0.15, 0.2) is 24.5 Å². The Bertz CT molecular complexity index is 833. The van der Waals surface area contributed by atoms with Crippen LogP contribution in [0.2, 0.25) is 0 Å². The van der Waals surface area contributed by atoms with Crippen molar-refractivity contribution < 1.29 is 23.0 Å². The molecule has 0 unspecified atom stereocenters. The van der Waals surface area contributed by atoms with E-state index >= 15 is 0 Å². The quantitative estimate of drug-likeness (QED) is 0.788. The molecule has 4 rings (SSSR count). The molecule has 0 amide bonds. The molecule has 3 heterocycles. The van der Waals surface area contributed by atoms with E-state index in [1.807, 2.05) is 4.90 Å². The van der Waals surface area contributed by atoms with Crippen molar-refractivity contribution in [2.75, 3.05) is 24.6 Å². The highest BCUT2D eigenvalue weighted by Gasteiger charge is 2.32. The number of hydrogen-bond donors (Lipinski definition) is 1. The van der Waals surface area contributed by atoms with Crippen molar-refractivity contribution in [3.05, 3.63) is 41.6 Å². The zero-order valence-electron chi connectivity index (χ0n) is 15.9. The van der Waals surface area contributed by atoms with Crippen molar-refractivity contribution in [1.29, 1.82) is 0 Å². The van der Waals surface area contributed by atoms with E-state index in [2.05, 4.69) is 15.0 Å². The van der Waals surface area contributed by atoms with E-state index in [9.17, 15) is 18.3 Å². The number of halogens is 3. The lowest BCUT2D eigenvalue weighted by Crippen LogP contribution is -2.35. The monoisotopic (exact) mass is 408 g/mol. The van der Waals surface area contributed by atoms with Crippen LogP contribution < -0.4 is 9.64 Å². The van der Waals surface area contributed by atoms with Crippen LogP contribution in [0.5, 0.6) is 5.88 Å². The van der Waals surface area contributed by atoms with E-state index in [0.29, 0.717) is 35.6 Å². The number of rotatable bonds is 6. The highest BCUT2D eigenvalue weighted by atomic mass is 19.4. The topological polar surface area (TPSA) is 71.4 Å². The Balaban J connectivity index is 1.31. The summed E-state index contributed by atoms with van der Waals surface area (Å²) in [4.78, 5) is 14.4. The lowest BCUT2D eigenvalue weighted by molar-refractivity contribution is -0.141. The Morgan fingerprint density at radius 3 is 2.41 bits per heavy atom. The van der Waals surface area contributed by atoms with Crippen molar-refractivity contribution in [1.82, 2.24) is 15.0 Å². The molecular formula is C20H23F3N4O2. The molecule has 2 aliphatic rings. The van der Waals surface area contributed by atoms with Gasteiger partial charge >= 0.3 is 6.18 Å². The van der Waals surface area contributed by atoms with Gasteiger partial charge in [0.1, 0.15) is 11.5 Å². The van der Waals surface area contributed by atoms with E-state index in [1.54, 1.807) is 6.20 Å². The van der Waals surface area contributed by atoms with Gasteiger partial charge in [0.25, 0.3) is 0 Å². The molecular weight excluding hydrogens is 385 g/mol. The molecule has 0 atom stereocenters. The first kappa shape index (κ1) is 19.9. The second-order valence-electron chi connectivity index (χ2n) is 7.63. The third-order valence-corrected chi connectivity index (χ3v) is 5.43. The fraction of sp³-hybridized carbons (Fsp3) is 0.550. The minimum atomic E-state index is -4.42. The highest BCUT2D eigenvalue weighted by molar-refractivity contribution is 5.45. The number of ether oxygens (including phenoxy) is 1. The smallest absolute Gasteiger partial charge is 0.433 e. The lowest BCUT2D eigenvalue weighted by Gasteiger charge is -2.33. The maximum absolute atomic E-state index is 12.6. The van der Waals surface area contributed by atoms with Gasteiger partial charge in [-0.15, -0.1) is 0 Å². The summed E-state index contributed by atoms with van der Waals surface area (Å²) in [5.41, 5.74) is 0.409. The number of nitrogens with zero attached hydrogens (tertiary/aromatic N) is 4. The standard InChI is InChI=1S/C20H23F3N4O2/c21-20(22,23)17-4-3-16(10-24-17)27-7-5-13(6-8-27)12-29-19-15(11-28)9-25-18(26-19)14-1-2-14/h3-4,9-10,13-14,28H,1-2,5-8,11-12H2. The molecule has 0 bridgehead atoms. The number of aromatic nitrogens is 3. The Morgan fingerprint density at radius 1 is 1.07 bits per heavy atom. The fourth-order valence-corrected chi connectivity index (χ4v) is 3.47. The van der Waals surface area contributed by atoms with Crippen LogP contribution in [0.1, 0.15) is 48.7 Å². The Morgan fingerprint density at radius 2 is 1.83 bits per heavy atom. The Hall–Kier alpha value is -2.42. The molecule has 9 heteroatoms. The molecule has 0 radical (unpaired) electrons. The summed E-state index contributed by atoms with van der Waals surface area (Å²) in [5.74, 6) is 1.96. The van der Waals surface area contributed by atoms with Gasteiger partial charge in [0.05, 0.1) is 30.7 Å². The number of aliphatic hydroxyl groups is 1. The predicted molar refractivity (Wildman–Crippen MR) is 99.6 cm³/mol. The normalized spacial score (nSPS) is 18.1. The first-order valence-electron chi connectivity index (χ1n) is 9.81. The predicted octanol–water partition coefficient (Wildman–Crippen LogP) is 3.56. The molecule has 1 aliphatic heterocycles. The third kappa shape index (κ3) is 4.77. The number of aliphatic hydroxyl groups excluding tert-OH is 1. The highest BCUT2D eigenvalue weighted by Crippen LogP contribution is 2.38. The van der Waals surface area contributed by atoms with E-state index < -0.39 is 11.9 Å². The number of pyridine rings is 1. The van der Waals surface area contributed by atoms with Crippen LogP contribution >= 0.6 is 0 Å². The molecule has 1 saturated heterocycles. The number of piperidine rings is 1. The summed E-state index contributed by atoms with van der Waals surface area (Å²) in [7, 11) is 0. The molecule has 6 nitrogen and oxygen atoms in total. The summed E-state index contributed by atoms with van der Waals surface area (Å²) in [6, 6.07) is 2.49. The summed E-state index contributed by atoms with van der Waals surface area (Å²) in [6.07, 6.45) is 2.40. The average molecular weight is 408 g/mol. The van der Waals surface area contributed by atoms with E-state index in [1.165, 1.54) is 12.3 Å². The number of hydrogen-bond acceptors (Lipinski definition) is 6. The largest absolute Gasteiger partial charge is 0.477 e. The minimum absolute atomic E-state index is 0.167. The maximum Gasteiger partial charge on any atom is 0.433 e. The molecule has 1 saturated carbocycles. The van der Waals surface area contributed by atoms with Crippen LogP contribution in [-0.2, 0) is 12.8 Å². The zero-order chi connectivity index (χ0) is 20.4. The second-order valence-corrected chi connectivity index (χ2v) is 7.63. The zero-order valence-corrected chi connectivity index (χ0v) is 15.9. The molecule has 2 aromatic heterocycles. The van der Waals surface area contributed by atoms with Crippen LogP contribution in [-0.4, -0.2) is 39.8 Å². The summed E-state index contributed by atoms with van der Waals surface area (Å²) in [5, 5.41) is 9.49. The summed E-state index contributed by atoms with van der Waals surface area (Å²) in [6.45, 7) is 1.78. The first-order chi connectivity index (χ1) is 13.9. The van der Waals surface area contributed by atoms with Gasteiger partial charge in [-0.1, -0.05) is 0 Å². The van der Waals surface area contributed by atoms with Gasteiger partial charge in [0, 0.05) is 25.2 Å². The molecule has 156 valence electrons. The molecule has 2 aromatic rings. The fourth-order valence-electron chi connectivity index (χ4n) is 3.47. The molecule has 1 aliphatic carbocycles. The second kappa shape index (κ2) is 8.14. The van der Waals surface area contributed by atoms with Crippen molar-refractivity contribution in [3.8, 4) is 5.88 Å². The Labute approximate surface area is 166 Å². The minimum Gasteiger partial charge on any atom is -0.477 e. The van der Waals surface area contributed by atoms with Crippen molar-refractivity contribution >= 4 is 5.69 Å². The van der Waals surface area contributed by atoms with Crippen LogP contribution in [0.4, 0.5) is 18.9 Å². The molecule has 0 aromatic carbocycles. The Kier molecular flexibility index (Phi) is 5.58. The van der Waals surface area contributed by atoms with Crippen LogP contribution in [0.3, 0.4) is 0 Å². The van der Waals surface area contributed by atoms with Gasteiger partial charge in [0.2, 0.25) is 5.88 Å². The molecule has 1 N–H and O–H groups in total. The number of anilines is 1. The van der Waals surface area contributed by atoms with Gasteiger partial charge in [-0.3, -0.25) is 0 Å². The number of alkyl halides is 3. The van der Waals surface area contributed by atoms with E-state index in [0.717, 1.165) is 50.7 Å². The van der Waals surface area contributed by atoms with Gasteiger partial charge < -0.3 is 14.7 Å². The summed E-state index contributed by atoms with van der Waals surface area (Å²) < 4.78 is 43.9. The lowest BCUT2D eigenvalue weighted by atomic mass is 9.97. The average Bonchev–Trinajstić information content (AvgIpc) is 3.57.